The fourth-order valence-corrected chi connectivity index (χ4v) is 1.52. The molecular weight excluding hydrogens is 235 g/mol. The number of rotatable bonds is 6. The van der Waals surface area contributed by atoms with Crippen LogP contribution in [0, 0.1) is 5.82 Å². The van der Waals surface area contributed by atoms with E-state index in [0.717, 1.165) is 5.69 Å². The van der Waals surface area contributed by atoms with Crippen LogP contribution in [0.15, 0.2) is 30.5 Å². The first-order chi connectivity index (χ1) is 8.78. The van der Waals surface area contributed by atoms with Crippen molar-refractivity contribution in [2.24, 2.45) is 0 Å². The smallest absolute Gasteiger partial charge is 0.126 e. The van der Waals surface area contributed by atoms with Crippen LogP contribution in [0.25, 0.3) is 0 Å². The highest BCUT2D eigenvalue weighted by molar-refractivity contribution is 5.22. The summed E-state index contributed by atoms with van der Waals surface area (Å²) in [6.45, 7) is 1.68. The maximum Gasteiger partial charge on any atom is 0.126 e. The van der Waals surface area contributed by atoms with Crippen LogP contribution in [0.1, 0.15) is 5.69 Å². The Labute approximate surface area is 105 Å². The molecule has 0 fully saturated rings. The van der Waals surface area contributed by atoms with Crippen molar-refractivity contribution in [3.63, 3.8) is 0 Å². The number of ether oxygens (including phenoxy) is 1. The van der Waals surface area contributed by atoms with E-state index in [4.69, 9.17) is 4.74 Å². The van der Waals surface area contributed by atoms with Crippen molar-refractivity contribution in [3.05, 3.63) is 42.0 Å². The Balaban J connectivity index is 1.81. The largest absolute Gasteiger partial charge is 0.492 e. The summed E-state index contributed by atoms with van der Waals surface area (Å²) in [6, 6.07) is 6.07. The molecule has 6 heteroatoms. The van der Waals surface area contributed by atoms with Crippen molar-refractivity contribution in [3.8, 4) is 5.75 Å². The Morgan fingerprint density at radius 2 is 2.33 bits per heavy atom. The Morgan fingerprint density at radius 3 is 3.11 bits per heavy atom. The average molecular weight is 250 g/mol. The molecule has 0 bridgehead atoms. The molecule has 1 N–H and O–H groups in total. The third kappa shape index (κ3) is 3.53. The second kappa shape index (κ2) is 6.11. The molecule has 0 radical (unpaired) electrons. The van der Waals surface area contributed by atoms with Gasteiger partial charge >= 0.3 is 0 Å². The molecule has 0 unspecified atom stereocenters. The number of hydrogen-bond donors (Lipinski definition) is 1. The van der Waals surface area contributed by atoms with Gasteiger partial charge in [0, 0.05) is 18.8 Å². The van der Waals surface area contributed by atoms with E-state index in [0.29, 0.717) is 25.4 Å². The molecule has 1 aromatic heterocycles. The lowest BCUT2D eigenvalue weighted by atomic mass is 10.3. The number of aromatic nitrogens is 3. The van der Waals surface area contributed by atoms with Gasteiger partial charge in [0.25, 0.3) is 0 Å². The summed E-state index contributed by atoms with van der Waals surface area (Å²) < 4.78 is 20.0. The molecule has 2 aromatic rings. The zero-order valence-corrected chi connectivity index (χ0v) is 10.1. The van der Waals surface area contributed by atoms with Crippen molar-refractivity contribution >= 4 is 0 Å². The lowest BCUT2D eigenvalue weighted by Gasteiger charge is -2.05. The van der Waals surface area contributed by atoms with Gasteiger partial charge in [0.1, 0.15) is 18.2 Å². The fourth-order valence-electron chi connectivity index (χ4n) is 1.52. The number of hydrogen-bond acceptors (Lipinski definition) is 4. The van der Waals surface area contributed by atoms with E-state index >= 15 is 0 Å². The van der Waals surface area contributed by atoms with Gasteiger partial charge in [-0.2, -0.15) is 0 Å². The molecule has 0 aliphatic carbocycles. The molecule has 0 spiro atoms. The molecule has 18 heavy (non-hydrogen) atoms. The first-order valence-corrected chi connectivity index (χ1v) is 5.70. The third-order valence-electron chi connectivity index (χ3n) is 2.33. The van der Waals surface area contributed by atoms with Crippen LogP contribution >= 0.6 is 0 Å². The summed E-state index contributed by atoms with van der Waals surface area (Å²) in [6.07, 6.45) is 1.85. The van der Waals surface area contributed by atoms with Crippen molar-refractivity contribution in [2.75, 3.05) is 13.7 Å². The summed E-state index contributed by atoms with van der Waals surface area (Å²) in [5.41, 5.74) is 0.878. The molecule has 0 aliphatic heterocycles. The van der Waals surface area contributed by atoms with E-state index in [2.05, 4.69) is 15.6 Å². The topological polar surface area (TPSA) is 52.0 Å². The van der Waals surface area contributed by atoms with E-state index in [1.54, 1.807) is 16.8 Å². The highest BCUT2D eigenvalue weighted by Gasteiger charge is 2.00. The quantitative estimate of drug-likeness (QED) is 0.837. The summed E-state index contributed by atoms with van der Waals surface area (Å²) in [5.74, 6) is 0.218. The molecular formula is C12H15FN4O. The zero-order valence-electron chi connectivity index (χ0n) is 10.1. The van der Waals surface area contributed by atoms with Gasteiger partial charge in [0.2, 0.25) is 0 Å². The van der Waals surface area contributed by atoms with Crippen molar-refractivity contribution in [1.29, 1.82) is 0 Å². The van der Waals surface area contributed by atoms with Gasteiger partial charge in [0.05, 0.1) is 12.2 Å². The zero-order chi connectivity index (χ0) is 12.8. The first-order valence-electron chi connectivity index (χ1n) is 5.70. The Kier molecular flexibility index (Phi) is 4.25. The lowest BCUT2D eigenvalue weighted by Crippen LogP contribution is -2.09. The fraction of sp³-hybridized carbons (Fsp3) is 0.333. The van der Waals surface area contributed by atoms with E-state index in [-0.39, 0.29) is 5.82 Å². The molecule has 1 aromatic carbocycles. The van der Waals surface area contributed by atoms with E-state index in [9.17, 15) is 4.39 Å². The molecule has 1 heterocycles. The molecule has 0 amide bonds. The molecule has 2 rings (SSSR count). The predicted octanol–water partition coefficient (Wildman–Crippen LogP) is 1.22. The summed E-state index contributed by atoms with van der Waals surface area (Å²) in [7, 11) is 1.85. The second-order valence-corrected chi connectivity index (χ2v) is 3.81. The second-order valence-electron chi connectivity index (χ2n) is 3.81. The summed E-state index contributed by atoms with van der Waals surface area (Å²) >= 11 is 0. The Morgan fingerprint density at radius 1 is 1.44 bits per heavy atom. The van der Waals surface area contributed by atoms with Crippen molar-refractivity contribution in [1.82, 2.24) is 20.3 Å². The highest BCUT2D eigenvalue weighted by atomic mass is 19.1. The lowest BCUT2D eigenvalue weighted by molar-refractivity contribution is 0.288. The van der Waals surface area contributed by atoms with Gasteiger partial charge in [-0.15, -0.1) is 5.10 Å². The van der Waals surface area contributed by atoms with Crippen LogP contribution in [0.4, 0.5) is 4.39 Å². The third-order valence-corrected chi connectivity index (χ3v) is 2.33. The van der Waals surface area contributed by atoms with Gasteiger partial charge < -0.3 is 10.1 Å². The van der Waals surface area contributed by atoms with Gasteiger partial charge in [-0.05, 0) is 19.2 Å². The van der Waals surface area contributed by atoms with Crippen LogP contribution in [0.5, 0.6) is 5.75 Å². The maximum atomic E-state index is 12.9. The minimum atomic E-state index is -0.301. The molecule has 0 saturated carbocycles. The number of nitrogens with zero attached hydrogens (tertiary/aromatic N) is 3. The minimum absolute atomic E-state index is 0.301. The maximum absolute atomic E-state index is 12.9. The normalized spacial score (nSPS) is 10.6. The van der Waals surface area contributed by atoms with Gasteiger partial charge in [0.15, 0.2) is 0 Å². The van der Waals surface area contributed by atoms with Crippen LogP contribution < -0.4 is 10.1 Å². The van der Waals surface area contributed by atoms with Gasteiger partial charge in [-0.3, -0.25) is 0 Å². The SMILES string of the molecule is CNCc1cn(CCOc2cccc(F)c2)nn1. The van der Waals surface area contributed by atoms with Gasteiger partial charge in [-0.25, -0.2) is 9.07 Å². The highest BCUT2D eigenvalue weighted by Crippen LogP contribution is 2.11. The monoisotopic (exact) mass is 250 g/mol. The van der Waals surface area contributed by atoms with Crippen molar-refractivity contribution < 1.29 is 9.13 Å². The number of benzene rings is 1. The molecule has 0 atom stereocenters. The van der Waals surface area contributed by atoms with Crippen LogP contribution in [0.3, 0.4) is 0 Å². The number of halogens is 1. The summed E-state index contributed by atoms with van der Waals surface area (Å²) in [4.78, 5) is 0. The van der Waals surface area contributed by atoms with Crippen LogP contribution in [-0.2, 0) is 13.1 Å². The van der Waals surface area contributed by atoms with E-state index in [1.165, 1.54) is 12.1 Å². The Bertz CT molecular complexity index is 500. The van der Waals surface area contributed by atoms with Crippen LogP contribution in [-0.4, -0.2) is 28.6 Å². The number of nitrogens with one attached hydrogen (secondary N) is 1. The van der Waals surface area contributed by atoms with Crippen LogP contribution in [0.2, 0.25) is 0 Å². The Hall–Kier alpha value is -1.95. The minimum Gasteiger partial charge on any atom is -0.492 e. The predicted molar refractivity (Wildman–Crippen MR) is 64.7 cm³/mol. The van der Waals surface area contributed by atoms with Crippen molar-refractivity contribution in [2.45, 2.75) is 13.1 Å². The van der Waals surface area contributed by atoms with E-state index in [1.807, 2.05) is 13.2 Å². The first kappa shape index (κ1) is 12.5. The molecule has 5 nitrogen and oxygen atoms in total. The molecule has 0 aliphatic rings. The summed E-state index contributed by atoms with van der Waals surface area (Å²) in [5, 5.41) is 10.9. The standard InChI is InChI=1S/C12H15FN4O/c1-14-8-11-9-17(16-15-11)5-6-18-12-4-2-3-10(13)7-12/h2-4,7,9,14H,5-6,8H2,1H3. The average Bonchev–Trinajstić information content (AvgIpc) is 2.78. The molecule has 0 saturated heterocycles. The van der Waals surface area contributed by atoms with Gasteiger partial charge in [-0.1, -0.05) is 11.3 Å². The molecule has 96 valence electrons. The van der Waals surface area contributed by atoms with E-state index < -0.39 is 0 Å².